The molecule has 0 radical (unpaired) electrons. The molecule has 26 heavy (non-hydrogen) atoms. The van der Waals surface area contributed by atoms with Crippen LogP contribution in [0.2, 0.25) is 5.02 Å². The van der Waals surface area contributed by atoms with Gasteiger partial charge < -0.3 is 9.47 Å². The number of ketones is 1. The summed E-state index contributed by atoms with van der Waals surface area (Å²) in [6.07, 6.45) is 0. The minimum absolute atomic E-state index is 0.303. The first kappa shape index (κ1) is 17.9. The van der Waals surface area contributed by atoms with Crippen LogP contribution in [0.4, 0.5) is 0 Å². The number of carbonyl (C=O) groups excluding carboxylic acids is 2. The second-order valence-corrected chi connectivity index (χ2v) is 6.12. The molecular formula is C20H16ClNO4. The molecule has 2 aromatic carbocycles. The van der Waals surface area contributed by atoms with Gasteiger partial charge in [-0.15, -0.1) is 0 Å². The van der Waals surface area contributed by atoms with E-state index in [4.69, 9.17) is 21.1 Å². The van der Waals surface area contributed by atoms with Crippen LogP contribution in [0.1, 0.15) is 26.4 Å². The third kappa shape index (κ3) is 3.83. The van der Waals surface area contributed by atoms with Crippen LogP contribution in [-0.4, -0.2) is 30.5 Å². The molecule has 0 unspecified atom stereocenters. The lowest BCUT2D eigenvalue weighted by Gasteiger charge is -2.09. The van der Waals surface area contributed by atoms with Gasteiger partial charge in [0.25, 0.3) is 0 Å². The van der Waals surface area contributed by atoms with Crippen LogP contribution in [0, 0.1) is 6.92 Å². The number of nitrogens with zero attached hydrogens (tertiary/aromatic N) is 1. The molecule has 3 aromatic rings. The van der Waals surface area contributed by atoms with Crippen LogP contribution in [0.15, 0.2) is 48.5 Å². The van der Waals surface area contributed by atoms with Gasteiger partial charge in [-0.2, -0.15) is 0 Å². The Labute approximate surface area is 155 Å². The molecule has 6 heteroatoms. The molecule has 5 nitrogen and oxygen atoms in total. The van der Waals surface area contributed by atoms with E-state index >= 15 is 0 Å². The molecule has 0 aliphatic carbocycles. The van der Waals surface area contributed by atoms with E-state index in [0.29, 0.717) is 27.6 Å². The molecule has 0 aliphatic rings. The summed E-state index contributed by atoms with van der Waals surface area (Å²) >= 11 is 5.80. The molecule has 0 aliphatic heterocycles. The summed E-state index contributed by atoms with van der Waals surface area (Å²) in [5, 5.41) is 1.29. The van der Waals surface area contributed by atoms with Gasteiger partial charge in [0.2, 0.25) is 0 Å². The van der Waals surface area contributed by atoms with E-state index in [2.05, 4.69) is 4.98 Å². The summed E-state index contributed by atoms with van der Waals surface area (Å²) < 4.78 is 10.4. The average Bonchev–Trinajstić information content (AvgIpc) is 2.65. The summed E-state index contributed by atoms with van der Waals surface area (Å²) in [5.41, 5.74) is 2.03. The number of carbonyl (C=O) groups is 2. The Morgan fingerprint density at radius 2 is 1.81 bits per heavy atom. The number of rotatable bonds is 5. The number of Topliss-reactive ketones (excluding diaryl/α,β-unsaturated/α-hetero) is 1. The SMILES string of the molecule is COc1ccc2nc(C)c(C(=O)OCC(=O)c3ccc(Cl)cc3)cc2c1. The Hall–Kier alpha value is -2.92. The molecule has 0 saturated heterocycles. The van der Waals surface area contributed by atoms with E-state index in [0.717, 1.165) is 10.9 Å². The third-order valence-electron chi connectivity index (χ3n) is 3.93. The van der Waals surface area contributed by atoms with Gasteiger partial charge in [-0.05, 0) is 55.5 Å². The van der Waals surface area contributed by atoms with Gasteiger partial charge >= 0.3 is 5.97 Å². The van der Waals surface area contributed by atoms with E-state index < -0.39 is 5.97 Å². The van der Waals surface area contributed by atoms with Gasteiger partial charge in [0, 0.05) is 16.0 Å². The summed E-state index contributed by atoms with van der Waals surface area (Å²) in [6.45, 7) is 1.37. The lowest BCUT2D eigenvalue weighted by atomic mass is 10.1. The van der Waals surface area contributed by atoms with Crippen molar-refractivity contribution >= 4 is 34.3 Å². The Bertz CT molecular complexity index is 983. The van der Waals surface area contributed by atoms with Gasteiger partial charge in [0.1, 0.15) is 5.75 Å². The lowest BCUT2D eigenvalue weighted by Crippen LogP contribution is -2.15. The number of hydrogen-bond acceptors (Lipinski definition) is 5. The fraction of sp³-hybridized carbons (Fsp3) is 0.150. The van der Waals surface area contributed by atoms with Gasteiger partial charge in [0.05, 0.1) is 23.9 Å². The van der Waals surface area contributed by atoms with E-state index in [1.807, 2.05) is 6.07 Å². The lowest BCUT2D eigenvalue weighted by molar-refractivity contribution is 0.0473. The summed E-state index contributed by atoms with van der Waals surface area (Å²) in [6, 6.07) is 13.5. The van der Waals surface area contributed by atoms with Gasteiger partial charge in [-0.1, -0.05) is 11.6 Å². The zero-order valence-corrected chi connectivity index (χ0v) is 15.0. The first-order valence-electron chi connectivity index (χ1n) is 7.89. The van der Waals surface area contributed by atoms with E-state index in [9.17, 15) is 9.59 Å². The topological polar surface area (TPSA) is 65.5 Å². The van der Waals surface area contributed by atoms with Crippen molar-refractivity contribution in [1.29, 1.82) is 0 Å². The van der Waals surface area contributed by atoms with Crippen molar-refractivity contribution in [2.45, 2.75) is 6.92 Å². The number of ether oxygens (including phenoxy) is 2. The molecule has 0 amide bonds. The molecule has 1 heterocycles. The molecular weight excluding hydrogens is 354 g/mol. The van der Waals surface area contributed by atoms with Crippen molar-refractivity contribution in [3.8, 4) is 5.75 Å². The standard InChI is InChI=1S/C20H16ClNO4/c1-12-17(10-14-9-16(25-2)7-8-18(14)22-12)20(24)26-11-19(23)13-3-5-15(21)6-4-13/h3-10H,11H2,1-2H3. The second-order valence-electron chi connectivity index (χ2n) is 5.69. The van der Waals surface area contributed by atoms with E-state index in [1.54, 1.807) is 56.5 Å². The molecule has 0 bridgehead atoms. The quantitative estimate of drug-likeness (QED) is 0.497. The zero-order valence-electron chi connectivity index (χ0n) is 14.3. The molecule has 0 saturated carbocycles. The average molecular weight is 370 g/mol. The fourth-order valence-corrected chi connectivity index (χ4v) is 2.64. The number of halogens is 1. The summed E-state index contributed by atoms with van der Waals surface area (Å²) in [7, 11) is 1.57. The van der Waals surface area contributed by atoms with E-state index in [1.165, 1.54) is 0 Å². The minimum Gasteiger partial charge on any atom is -0.497 e. The third-order valence-corrected chi connectivity index (χ3v) is 4.18. The fourth-order valence-electron chi connectivity index (χ4n) is 2.51. The highest BCUT2D eigenvalue weighted by molar-refractivity contribution is 6.30. The number of aryl methyl sites for hydroxylation is 1. The van der Waals surface area contributed by atoms with Crippen molar-refractivity contribution in [2.24, 2.45) is 0 Å². The highest BCUT2D eigenvalue weighted by Crippen LogP contribution is 2.22. The maximum atomic E-state index is 12.4. The first-order valence-corrected chi connectivity index (χ1v) is 8.27. The monoisotopic (exact) mass is 369 g/mol. The number of methoxy groups -OCH3 is 1. The second kappa shape index (κ2) is 7.54. The van der Waals surface area contributed by atoms with Crippen molar-refractivity contribution in [2.75, 3.05) is 13.7 Å². The normalized spacial score (nSPS) is 10.6. The summed E-state index contributed by atoms with van der Waals surface area (Å²) in [4.78, 5) is 28.9. The maximum Gasteiger partial charge on any atom is 0.340 e. The van der Waals surface area contributed by atoms with Crippen molar-refractivity contribution in [3.05, 3.63) is 70.4 Å². The number of aromatic nitrogens is 1. The molecule has 0 fully saturated rings. The van der Waals surface area contributed by atoms with E-state index in [-0.39, 0.29) is 12.4 Å². The Morgan fingerprint density at radius 3 is 2.50 bits per heavy atom. The smallest absolute Gasteiger partial charge is 0.340 e. The van der Waals surface area contributed by atoms with Gasteiger partial charge in [-0.3, -0.25) is 9.78 Å². The number of benzene rings is 2. The Morgan fingerprint density at radius 1 is 1.08 bits per heavy atom. The first-order chi connectivity index (χ1) is 12.5. The van der Waals surface area contributed by atoms with Gasteiger partial charge in [0.15, 0.2) is 12.4 Å². The summed E-state index contributed by atoms with van der Waals surface area (Å²) in [5.74, 6) is -0.231. The number of pyridine rings is 1. The van der Waals surface area contributed by atoms with Gasteiger partial charge in [-0.25, -0.2) is 4.79 Å². The largest absolute Gasteiger partial charge is 0.497 e. The molecule has 1 aromatic heterocycles. The number of hydrogen-bond donors (Lipinski definition) is 0. The van der Waals surface area contributed by atoms with Crippen molar-refractivity contribution in [3.63, 3.8) is 0 Å². The van der Waals surface area contributed by atoms with Crippen molar-refractivity contribution < 1.29 is 19.1 Å². The predicted octanol–water partition coefficient (Wildman–Crippen LogP) is 4.24. The Kier molecular flexibility index (Phi) is 5.19. The van der Waals surface area contributed by atoms with Crippen LogP contribution >= 0.6 is 11.6 Å². The highest BCUT2D eigenvalue weighted by atomic mass is 35.5. The number of esters is 1. The predicted molar refractivity (Wildman–Crippen MR) is 99.1 cm³/mol. The van der Waals surface area contributed by atoms with Crippen LogP contribution in [-0.2, 0) is 4.74 Å². The molecule has 0 N–H and O–H groups in total. The van der Waals surface area contributed by atoms with Crippen LogP contribution < -0.4 is 4.74 Å². The highest BCUT2D eigenvalue weighted by Gasteiger charge is 2.16. The molecule has 0 spiro atoms. The van der Waals surface area contributed by atoms with Crippen LogP contribution in [0.3, 0.4) is 0 Å². The minimum atomic E-state index is -0.595. The Balaban J connectivity index is 1.77. The zero-order chi connectivity index (χ0) is 18.7. The number of fused-ring (bicyclic) bond motifs is 1. The van der Waals surface area contributed by atoms with Crippen molar-refractivity contribution in [1.82, 2.24) is 4.98 Å². The van der Waals surface area contributed by atoms with Crippen LogP contribution in [0.5, 0.6) is 5.75 Å². The molecule has 3 rings (SSSR count). The molecule has 0 atom stereocenters. The molecule has 132 valence electrons. The van der Waals surface area contributed by atoms with Crippen LogP contribution in [0.25, 0.3) is 10.9 Å². The maximum absolute atomic E-state index is 12.4.